The second-order valence-electron chi connectivity index (χ2n) is 5.03. The van der Waals surface area contributed by atoms with E-state index in [1.807, 2.05) is 18.3 Å². The van der Waals surface area contributed by atoms with Crippen molar-refractivity contribution in [2.24, 2.45) is 0 Å². The molecule has 108 valence electrons. The molecule has 21 heavy (non-hydrogen) atoms. The molecule has 0 bridgehead atoms. The Labute approximate surface area is 128 Å². The molecule has 4 nitrogen and oxygen atoms in total. The van der Waals surface area contributed by atoms with Gasteiger partial charge in [0.05, 0.1) is 22.6 Å². The highest BCUT2D eigenvalue weighted by Crippen LogP contribution is 2.21. The lowest BCUT2D eigenvalue weighted by atomic mass is 10.1. The Kier molecular flexibility index (Phi) is 4.52. The number of pyridine rings is 1. The summed E-state index contributed by atoms with van der Waals surface area (Å²) in [5.41, 5.74) is 2.14. The van der Waals surface area contributed by atoms with Gasteiger partial charge in [-0.3, -0.25) is 4.98 Å². The highest BCUT2D eigenvalue weighted by molar-refractivity contribution is 7.05. The van der Waals surface area contributed by atoms with Gasteiger partial charge in [-0.25, -0.2) is 0 Å². The van der Waals surface area contributed by atoms with E-state index in [9.17, 15) is 0 Å². The molecule has 0 aliphatic heterocycles. The Morgan fingerprint density at radius 2 is 2.10 bits per heavy atom. The fraction of sp³-hybridized carbons (Fsp3) is 0.312. The molecule has 2 aromatic heterocycles. The predicted molar refractivity (Wildman–Crippen MR) is 86.4 cm³/mol. The zero-order chi connectivity index (χ0) is 14.5. The van der Waals surface area contributed by atoms with Crippen LogP contribution >= 0.6 is 11.5 Å². The number of nitrogens with one attached hydrogen (secondary N) is 1. The van der Waals surface area contributed by atoms with Crippen molar-refractivity contribution in [1.29, 1.82) is 0 Å². The molecule has 2 heterocycles. The van der Waals surface area contributed by atoms with E-state index in [1.54, 1.807) is 0 Å². The number of aromatic nitrogens is 3. The van der Waals surface area contributed by atoms with Gasteiger partial charge in [-0.1, -0.05) is 35.7 Å². The van der Waals surface area contributed by atoms with Crippen LogP contribution in [0.3, 0.4) is 0 Å². The van der Waals surface area contributed by atoms with Crippen molar-refractivity contribution in [3.8, 4) is 0 Å². The van der Waals surface area contributed by atoms with E-state index in [1.165, 1.54) is 21.8 Å². The molecule has 0 aliphatic rings. The molecule has 0 radical (unpaired) electrons. The van der Waals surface area contributed by atoms with Gasteiger partial charge in [0.1, 0.15) is 0 Å². The number of nitrogens with zero attached hydrogens (tertiary/aromatic N) is 3. The van der Waals surface area contributed by atoms with E-state index in [0.717, 1.165) is 30.6 Å². The number of fused-ring (bicyclic) bond motifs is 1. The average molecular weight is 298 g/mol. The van der Waals surface area contributed by atoms with Crippen LogP contribution in [0.1, 0.15) is 30.0 Å². The number of benzene rings is 1. The fourth-order valence-electron chi connectivity index (χ4n) is 2.35. The Hall–Kier alpha value is -1.85. The van der Waals surface area contributed by atoms with E-state index < -0.39 is 0 Å². The number of para-hydroxylation sites is 1. The lowest BCUT2D eigenvalue weighted by Crippen LogP contribution is -2.23. The molecule has 1 aromatic carbocycles. The van der Waals surface area contributed by atoms with Crippen LogP contribution in [0.2, 0.25) is 0 Å². The largest absolute Gasteiger partial charge is 0.309 e. The molecule has 0 saturated heterocycles. The maximum Gasteiger partial charge on any atom is 0.0705 e. The molecule has 0 fully saturated rings. The van der Waals surface area contributed by atoms with Crippen molar-refractivity contribution in [3.63, 3.8) is 0 Å². The van der Waals surface area contributed by atoms with Gasteiger partial charge in [0.2, 0.25) is 0 Å². The summed E-state index contributed by atoms with van der Waals surface area (Å²) in [5, 5.41) is 8.69. The van der Waals surface area contributed by atoms with Crippen molar-refractivity contribution in [3.05, 3.63) is 53.2 Å². The molecule has 0 amide bonds. The summed E-state index contributed by atoms with van der Waals surface area (Å²) in [5.74, 6) is 0. The Morgan fingerprint density at radius 3 is 2.90 bits per heavy atom. The molecular weight excluding hydrogens is 280 g/mol. The first kappa shape index (κ1) is 14.1. The quantitative estimate of drug-likeness (QED) is 0.758. The van der Waals surface area contributed by atoms with Crippen LogP contribution in [0.25, 0.3) is 10.9 Å². The minimum absolute atomic E-state index is 0.235. The monoisotopic (exact) mass is 298 g/mol. The SMILES string of the molecule is CCCNC(Cc1ccc2ccccc2n1)c1cnns1. The summed E-state index contributed by atoms with van der Waals surface area (Å²) in [7, 11) is 0. The zero-order valence-corrected chi connectivity index (χ0v) is 12.8. The zero-order valence-electron chi connectivity index (χ0n) is 12.0. The van der Waals surface area contributed by atoms with Gasteiger partial charge >= 0.3 is 0 Å². The molecule has 1 unspecified atom stereocenters. The van der Waals surface area contributed by atoms with Crippen molar-refractivity contribution < 1.29 is 0 Å². The van der Waals surface area contributed by atoms with Gasteiger partial charge in [-0.15, -0.1) is 5.10 Å². The second kappa shape index (κ2) is 6.74. The Bertz CT molecular complexity index is 696. The minimum atomic E-state index is 0.235. The molecule has 0 aliphatic carbocycles. The van der Waals surface area contributed by atoms with Crippen molar-refractivity contribution in [2.75, 3.05) is 6.54 Å². The minimum Gasteiger partial charge on any atom is -0.309 e. The molecular formula is C16H18N4S. The highest BCUT2D eigenvalue weighted by atomic mass is 32.1. The topological polar surface area (TPSA) is 50.7 Å². The number of rotatable bonds is 6. The van der Waals surface area contributed by atoms with Crippen molar-refractivity contribution in [1.82, 2.24) is 19.9 Å². The van der Waals surface area contributed by atoms with Gasteiger partial charge in [-0.05, 0) is 36.6 Å². The number of hydrogen-bond donors (Lipinski definition) is 1. The molecule has 1 atom stereocenters. The van der Waals surface area contributed by atoms with Gasteiger partial charge in [0.15, 0.2) is 0 Å². The summed E-state index contributed by atoms with van der Waals surface area (Å²) < 4.78 is 3.97. The molecule has 0 saturated carbocycles. The van der Waals surface area contributed by atoms with Crippen molar-refractivity contribution >= 4 is 22.4 Å². The van der Waals surface area contributed by atoms with Crippen LogP contribution in [-0.4, -0.2) is 21.1 Å². The fourth-order valence-corrected chi connectivity index (χ4v) is 2.93. The maximum absolute atomic E-state index is 4.76. The van der Waals surface area contributed by atoms with E-state index in [2.05, 4.69) is 46.1 Å². The van der Waals surface area contributed by atoms with E-state index in [0.29, 0.717) is 0 Å². The highest BCUT2D eigenvalue weighted by Gasteiger charge is 2.15. The normalized spacial score (nSPS) is 12.6. The molecule has 1 N–H and O–H groups in total. The van der Waals surface area contributed by atoms with E-state index in [4.69, 9.17) is 4.98 Å². The van der Waals surface area contributed by atoms with Crippen LogP contribution in [0, 0.1) is 0 Å². The van der Waals surface area contributed by atoms with Crippen LogP contribution in [0.4, 0.5) is 0 Å². The van der Waals surface area contributed by atoms with Crippen molar-refractivity contribution in [2.45, 2.75) is 25.8 Å². The van der Waals surface area contributed by atoms with Gasteiger partial charge < -0.3 is 5.32 Å². The Balaban J connectivity index is 1.83. The third-order valence-electron chi connectivity index (χ3n) is 3.43. The third kappa shape index (κ3) is 3.43. The van der Waals surface area contributed by atoms with Crippen LogP contribution in [-0.2, 0) is 6.42 Å². The summed E-state index contributed by atoms with van der Waals surface area (Å²) in [6.45, 7) is 3.15. The summed E-state index contributed by atoms with van der Waals surface area (Å²) in [6.07, 6.45) is 3.81. The van der Waals surface area contributed by atoms with Crippen LogP contribution in [0.5, 0.6) is 0 Å². The molecule has 3 rings (SSSR count). The smallest absolute Gasteiger partial charge is 0.0705 e. The van der Waals surface area contributed by atoms with E-state index >= 15 is 0 Å². The summed E-state index contributed by atoms with van der Waals surface area (Å²) in [6, 6.07) is 12.7. The number of hydrogen-bond acceptors (Lipinski definition) is 5. The Morgan fingerprint density at radius 1 is 1.19 bits per heavy atom. The maximum atomic E-state index is 4.76. The van der Waals surface area contributed by atoms with Gasteiger partial charge in [-0.2, -0.15) is 0 Å². The van der Waals surface area contributed by atoms with Crippen LogP contribution < -0.4 is 5.32 Å². The molecule has 0 spiro atoms. The van der Waals surface area contributed by atoms with Crippen LogP contribution in [0.15, 0.2) is 42.6 Å². The third-order valence-corrected chi connectivity index (χ3v) is 4.21. The second-order valence-corrected chi connectivity index (χ2v) is 5.84. The average Bonchev–Trinajstić information content (AvgIpc) is 3.05. The van der Waals surface area contributed by atoms with Gasteiger partial charge in [0, 0.05) is 17.5 Å². The predicted octanol–water partition coefficient (Wildman–Crippen LogP) is 3.37. The lowest BCUT2D eigenvalue weighted by molar-refractivity contribution is 0.531. The summed E-state index contributed by atoms with van der Waals surface area (Å²) >= 11 is 1.45. The standard InChI is InChI=1S/C16H18N4S/c1-2-9-17-15(16-11-18-20-21-16)10-13-8-7-12-5-3-4-6-14(12)19-13/h3-8,11,15,17H,2,9-10H2,1H3. The van der Waals surface area contributed by atoms with Gasteiger partial charge in [0.25, 0.3) is 0 Å². The first-order valence-corrected chi connectivity index (χ1v) is 7.99. The molecule has 3 aromatic rings. The first-order chi connectivity index (χ1) is 10.4. The lowest BCUT2D eigenvalue weighted by Gasteiger charge is -2.16. The summed E-state index contributed by atoms with van der Waals surface area (Å²) in [4.78, 5) is 5.92. The first-order valence-electron chi connectivity index (χ1n) is 7.22. The molecule has 5 heteroatoms. The van der Waals surface area contributed by atoms with E-state index in [-0.39, 0.29) is 6.04 Å².